The highest BCUT2D eigenvalue weighted by Crippen LogP contribution is 2.14. The Morgan fingerprint density at radius 1 is 1.39 bits per heavy atom. The van der Waals surface area contributed by atoms with Crippen LogP contribution in [0.1, 0.15) is 11.4 Å². The van der Waals surface area contributed by atoms with E-state index in [9.17, 15) is 4.39 Å². The molecule has 4 nitrogen and oxygen atoms in total. The lowest BCUT2D eigenvalue weighted by molar-refractivity contribution is 0.302. The molecule has 96 valence electrons. The van der Waals surface area contributed by atoms with Crippen molar-refractivity contribution in [1.82, 2.24) is 14.5 Å². The van der Waals surface area contributed by atoms with Gasteiger partial charge >= 0.3 is 0 Å². The second-order valence-electron chi connectivity index (χ2n) is 4.48. The Kier molecular flexibility index (Phi) is 3.62. The summed E-state index contributed by atoms with van der Waals surface area (Å²) < 4.78 is 15.6. The molecule has 0 bridgehead atoms. The Hall–Kier alpha value is -1.88. The number of nitrogen functional groups attached to an aromatic ring is 1. The molecule has 0 amide bonds. The number of imidazole rings is 1. The van der Waals surface area contributed by atoms with Gasteiger partial charge in [-0.3, -0.25) is 4.90 Å². The standard InChI is InChI=1S/C13H17FN4/c1-17(9-13-16-5-6-18(13)2)8-10-3-4-11(15)7-12(10)14/h3-7H,8-9,15H2,1-2H3. The number of benzene rings is 1. The summed E-state index contributed by atoms with van der Waals surface area (Å²) in [6.45, 7) is 1.20. The molecule has 2 rings (SSSR count). The monoisotopic (exact) mass is 248 g/mol. The van der Waals surface area contributed by atoms with Gasteiger partial charge in [-0.25, -0.2) is 9.37 Å². The molecule has 0 aliphatic rings. The van der Waals surface area contributed by atoms with E-state index >= 15 is 0 Å². The number of hydrogen-bond acceptors (Lipinski definition) is 3. The maximum absolute atomic E-state index is 13.6. The van der Waals surface area contributed by atoms with Gasteiger partial charge in [-0.05, 0) is 19.2 Å². The Balaban J connectivity index is 2.03. The highest BCUT2D eigenvalue weighted by Gasteiger charge is 2.08. The summed E-state index contributed by atoms with van der Waals surface area (Å²) in [6, 6.07) is 4.79. The lowest BCUT2D eigenvalue weighted by Crippen LogP contribution is -2.20. The molecule has 0 aliphatic carbocycles. The molecule has 0 unspecified atom stereocenters. The van der Waals surface area contributed by atoms with Crippen molar-refractivity contribution in [3.05, 3.63) is 47.8 Å². The molecule has 5 heteroatoms. The summed E-state index contributed by atoms with van der Waals surface area (Å²) in [6.07, 6.45) is 3.65. The molecule has 0 aliphatic heterocycles. The van der Waals surface area contributed by atoms with Crippen LogP contribution in [0.3, 0.4) is 0 Å². The average molecular weight is 248 g/mol. The molecule has 1 aromatic carbocycles. The normalized spacial score (nSPS) is 11.1. The zero-order valence-corrected chi connectivity index (χ0v) is 10.6. The summed E-state index contributed by atoms with van der Waals surface area (Å²) >= 11 is 0. The summed E-state index contributed by atoms with van der Waals surface area (Å²) in [5, 5.41) is 0. The van der Waals surface area contributed by atoms with Crippen LogP contribution in [0.15, 0.2) is 30.6 Å². The molecular weight excluding hydrogens is 231 g/mol. The first-order valence-corrected chi connectivity index (χ1v) is 5.75. The van der Waals surface area contributed by atoms with E-state index in [0.29, 0.717) is 24.3 Å². The van der Waals surface area contributed by atoms with Crippen LogP contribution in [0.2, 0.25) is 0 Å². The fourth-order valence-electron chi connectivity index (χ4n) is 1.83. The Morgan fingerprint density at radius 3 is 2.78 bits per heavy atom. The minimum Gasteiger partial charge on any atom is -0.399 e. The third-order valence-corrected chi connectivity index (χ3v) is 2.85. The molecule has 2 aromatic rings. The SMILES string of the molecule is CN(Cc1ccc(N)cc1F)Cc1nccn1C. The van der Waals surface area contributed by atoms with Crippen LogP contribution >= 0.6 is 0 Å². The van der Waals surface area contributed by atoms with Crippen LogP contribution in [0.25, 0.3) is 0 Å². The molecule has 0 spiro atoms. The number of rotatable bonds is 4. The fourth-order valence-corrected chi connectivity index (χ4v) is 1.83. The third kappa shape index (κ3) is 2.87. The predicted octanol–water partition coefficient (Wildman–Crippen LogP) is 1.77. The largest absolute Gasteiger partial charge is 0.399 e. The summed E-state index contributed by atoms with van der Waals surface area (Å²) in [4.78, 5) is 6.25. The number of halogens is 1. The molecule has 0 saturated carbocycles. The number of aromatic nitrogens is 2. The van der Waals surface area contributed by atoms with Crippen molar-refractivity contribution < 1.29 is 4.39 Å². The number of hydrogen-bond donors (Lipinski definition) is 1. The van der Waals surface area contributed by atoms with Crippen molar-refractivity contribution in [3.63, 3.8) is 0 Å². The maximum atomic E-state index is 13.6. The zero-order chi connectivity index (χ0) is 13.1. The number of nitrogens with zero attached hydrogens (tertiary/aromatic N) is 3. The van der Waals surface area contributed by atoms with E-state index in [4.69, 9.17) is 5.73 Å². The molecule has 18 heavy (non-hydrogen) atoms. The molecule has 1 heterocycles. The van der Waals surface area contributed by atoms with Gasteiger partial charge in [0.2, 0.25) is 0 Å². The average Bonchev–Trinajstić information content (AvgIpc) is 2.69. The van der Waals surface area contributed by atoms with Crippen molar-refractivity contribution in [2.75, 3.05) is 12.8 Å². The van der Waals surface area contributed by atoms with Gasteiger partial charge in [0.25, 0.3) is 0 Å². The van der Waals surface area contributed by atoms with Gasteiger partial charge in [-0.2, -0.15) is 0 Å². The van der Waals surface area contributed by atoms with Gasteiger partial charge < -0.3 is 10.3 Å². The highest BCUT2D eigenvalue weighted by atomic mass is 19.1. The Bertz CT molecular complexity index is 536. The van der Waals surface area contributed by atoms with E-state index in [0.717, 1.165) is 5.82 Å². The van der Waals surface area contributed by atoms with E-state index in [-0.39, 0.29) is 5.82 Å². The van der Waals surface area contributed by atoms with Crippen molar-refractivity contribution >= 4 is 5.69 Å². The first-order valence-electron chi connectivity index (χ1n) is 5.75. The van der Waals surface area contributed by atoms with E-state index < -0.39 is 0 Å². The quantitative estimate of drug-likeness (QED) is 0.839. The molecule has 1 aromatic heterocycles. The van der Waals surface area contributed by atoms with Gasteiger partial charge in [0.1, 0.15) is 11.6 Å². The molecular formula is C13H17FN4. The van der Waals surface area contributed by atoms with E-state index in [1.807, 2.05) is 29.8 Å². The lowest BCUT2D eigenvalue weighted by atomic mass is 10.2. The second kappa shape index (κ2) is 5.18. The number of nitrogens with two attached hydrogens (primary N) is 1. The first-order chi connectivity index (χ1) is 8.56. The molecule has 0 atom stereocenters. The van der Waals surface area contributed by atoms with Crippen LogP contribution in [-0.2, 0) is 20.1 Å². The van der Waals surface area contributed by atoms with E-state index in [1.54, 1.807) is 18.3 Å². The Morgan fingerprint density at radius 2 is 2.17 bits per heavy atom. The topological polar surface area (TPSA) is 47.1 Å². The van der Waals surface area contributed by atoms with Crippen LogP contribution in [-0.4, -0.2) is 21.5 Å². The van der Waals surface area contributed by atoms with Crippen molar-refractivity contribution in [2.45, 2.75) is 13.1 Å². The molecule has 0 fully saturated rings. The van der Waals surface area contributed by atoms with E-state index in [1.165, 1.54) is 6.07 Å². The van der Waals surface area contributed by atoms with Crippen molar-refractivity contribution in [2.24, 2.45) is 7.05 Å². The van der Waals surface area contributed by atoms with Gasteiger partial charge in [0.15, 0.2) is 0 Å². The van der Waals surface area contributed by atoms with Crippen LogP contribution < -0.4 is 5.73 Å². The van der Waals surface area contributed by atoms with Gasteiger partial charge in [-0.1, -0.05) is 6.07 Å². The minimum atomic E-state index is -0.262. The predicted molar refractivity (Wildman–Crippen MR) is 69.2 cm³/mol. The van der Waals surface area contributed by atoms with Crippen LogP contribution in [0.5, 0.6) is 0 Å². The van der Waals surface area contributed by atoms with Gasteiger partial charge in [0.05, 0.1) is 6.54 Å². The third-order valence-electron chi connectivity index (χ3n) is 2.85. The highest BCUT2D eigenvalue weighted by molar-refractivity contribution is 5.40. The summed E-state index contributed by atoms with van der Waals surface area (Å²) in [5.41, 5.74) is 6.61. The zero-order valence-electron chi connectivity index (χ0n) is 10.6. The fraction of sp³-hybridized carbons (Fsp3) is 0.308. The van der Waals surface area contributed by atoms with Gasteiger partial charge in [0, 0.05) is 37.2 Å². The Labute approximate surface area is 106 Å². The first kappa shape index (κ1) is 12.6. The number of aryl methyl sites for hydroxylation is 1. The van der Waals surface area contributed by atoms with Crippen LogP contribution in [0.4, 0.5) is 10.1 Å². The second-order valence-corrected chi connectivity index (χ2v) is 4.48. The molecule has 0 saturated heterocycles. The summed E-state index contributed by atoms with van der Waals surface area (Å²) in [5.74, 6) is 0.690. The smallest absolute Gasteiger partial charge is 0.129 e. The lowest BCUT2D eigenvalue weighted by Gasteiger charge is -2.17. The van der Waals surface area contributed by atoms with Crippen molar-refractivity contribution in [1.29, 1.82) is 0 Å². The van der Waals surface area contributed by atoms with Crippen LogP contribution in [0, 0.1) is 5.82 Å². The van der Waals surface area contributed by atoms with E-state index in [2.05, 4.69) is 4.98 Å². The van der Waals surface area contributed by atoms with Gasteiger partial charge in [-0.15, -0.1) is 0 Å². The van der Waals surface area contributed by atoms with Crippen molar-refractivity contribution in [3.8, 4) is 0 Å². The molecule has 2 N–H and O–H groups in total. The minimum absolute atomic E-state index is 0.262. The molecule has 0 radical (unpaired) electrons. The number of anilines is 1. The summed E-state index contributed by atoms with van der Waals surface area (Å²) in [7, 11) is 3.88. The maximum Gasteiger partial charge on any atom is 0.129 e.